The Morgan fingerprint density at radius 2 is 1.77 bits per heavy atom. The SMILES string of the molecule is Cc1cccc(SN(NC(=O)OC(C)C)C(=O)OC(C)C)c1. The van der Waals surface area contributed by atoms with Crippen LogP contribution in [0.4, 0.5) is 9.59 Å². The van der Waals surface area contributed by atoms with Crippen molar-refractivity contribution in [3.63, 3.8) is 0 Å². The number of amides is 2. The lowest BCUT2D eigenvalue weighted by Crippen LogP contribution is -2.43. The highest BCUT2D eigenvalue weighted by Crippen LogP contribution is 2.23. The number of hydrazine groups is 1. The van der Waals surface area contributed by atoms with Gasteiger partial charge in [0.15, 0.2) is 0 Å². The molecular weight excluding hydrogens is 304 g/mol. The van der Waals surface area contributed by atoms with Gasteiger partial charge < -0.3 is 9.47 Å². The van der Waals surface area contributed by atoms with Crippen molar-refractivity contribution in [2.75, 3.05) is 0 Å². The largest absolute Gasteiger partial charge is 0.446 e. The van der Waals surface area contributed by atoms with Crippen LogP contribution in [0.15, 0.2) is 29.2 Å². The first-order valence-electron chi connectivity index (χ1n) is 7.00. The van der Waals surface area contributed by atoms with E-state index in [2.05, 4.69) is 5.43 Å². The minimum atomic E-state index is -0.712. The van der Waals surface area contributed by atoms with Crippen molar-refractivity contribution in [1.82, 2.24) is 9.84 Å². The molecule has 0 aliphatic carbocycles. The summed E-state index contributed by atoms with van der Waals surface area (Å²) < 4.78 is 11.1. The Labute approximate surface area is 135 Å². The zero-order chi connectivity index (χ0) is 16.7. The second kappa shape index (κ2) is 8.53. The zero-order valence-electron chi connectivity index (χ0n) is 13.5. The van der Waals surface area contributed by atoms with E-state index in [0.29, 0.717) is 0 Å². The van der Waals surface area contributed by atoms with Crippen LogP contribution in [-0.4, -0.2) is 28.8 Å². The Hall–Kier alpha value is -1.89. The molecule has 6 nitrogen and oxygen atoms in total. The fourth-order valence-corrected chi connectivity index (χ4v) is 2.28. The predicted octanol–water partition coefficient (Wildman–Crippen LogP) is 3.90. The molecule has 22 heavy (non-hydrogen) atoms. The first-order chi connectivity index (χ1) is 10.3. The number of carbonyl (C=O) groups excluding carboxylic acids is 2. The molecule has 0 spiro atoms. The van der Waals surface area contributed by atoms with Gasteiger partial charge in [-0.1, -0.05) is 12.1 Å². The highest BCUT2D eigenvalue weighted by Gasteiger charge is 2.22. The van der Waals surface area contributed by atoms with Crippen molar-refractivity contribution in [2.45, 2.75) is 51.7 Å². The van der Waals surface area contributed by atoms with E-state index < -0.39 is 12.2 Å². The van der Waals surface area contributed by atoms with Crippen molar-refractivity contribution in [1.29, 1.82) is 0 Å². The van der Waals surface area contributed by atoms with E-state index in [1.54, 1.807) is 27.7 Å². The number of nitrogens with one attached hydrogen (secondary N) is 1. The van der Waals surface area contributed by atoms with Gasteiger partial charge in [-0.05, 0) is 52.3 Å². The van der Waals surface area contributed by atoms with Gasteiger partial charge in [0.05, 0.1) is 12.2 Å². The van der Waals surface area contributed by atoms with Crippen LogP contribution >= 0.6 is 11.9 Å². The van der Waals surface area contributed by atoms with Gasteiger partial charge >= 0.3 is 12.2 Å². The topological polar surface area (TPSA) is 67.9 Å². The summed E-state index contributed by atoms with van der Waals surface area (Å²) in [7, 11) is 0. The van der Waals surface area contributed by atoms with E-state index in [4.69, 9.17) is 9.47 Å². The lowest BCUT2D eigenvalue weighted by molar-refractivity contribution is 0.0743. The van der Waals surface area contributed by atoms with Gasteiger partial charge in [-0.15, -0.1) is 4.41 Å². The number of hydrogen-bond donors (Lipinski definition) is 1. The third-order valence-electron chi connectivity index (χ3n) is 2.22. The van der Waals surface area contributed by atoms with Crippen LogP contribution < -0.4 is 5.43 Å². The molecule has 0 saturated heterocycles. The van der Waals surface area contributed by atoms with E-state index in [9.17, 15) is 9.59 Å². The molecule has 0 saturated carbocycles. The van der Waals surface area contributed by atoms with Crippen LogP contribution in [0.1, 0.15) is 33.3 Å². The van der Waals surface area contributed by atoms with E-state index in [-0.39, 0.29) is 12.2 Å². The molecule has 1 aromatic rings. The summed E-state index contributed by atoms with van der Waals surface area (Å²) in [5, 5.41) is 0. The number of nitrogens with zero attached hydrogens (tertiary/aromatic N) is 1. The van der Waals surface area contributed by atoms with Gasteiger partial charge in [0.25, 0.3) is 0 Å². The van der Waals surface area contributed by atoms with Crippen LogP contribution in [0.2, 0.25) is 0 Å². The first kappa shape index (κ1) is 18.2. The smallest absolute Gasteiger partial charge is 0.440 e. The quantitative estimate of drug-likeness (QED) is 0.671. The molecule has 0 aromatic heterocycles. The summed E-state index contributed by atoms with van der Waals surface area (Å²) in [4.78, 5) is 24.6. The molecule has 0 unspecified atom stereocenters. The highest BCUT2D eigenvalue weighted by molar-refractivity contribution is 7.97. The summed E-state index contributed by atoms with van der Waals surface area (Å²) in [6.45, 7) is 8.87. The normalized spacial score (nSPS) is 10.5. The van der Waals surface area contributed by atoms with Gasteiger partial charge in [0.1, 0.15) is 0 Å². The molecule has 0 fully saturated rings. The Balaban J connectivity index is 2.81. The Morgan fingerprint density at radius 1 is 1.14 bits per heavy atom. The second-order valence-electron chi connectivity index (χ2n) is 5.20. The number of carbonyl (C=O) groups is 2. The van der Waals surface area contributed by atoms with Gasteiger partial charge in [0, 0.05) is 16.8 Å². The molecule has 0 heterocycles. The standard InChI is InChI=1S/C15H22N2O4S/c1-10(2)20-14(18)16-17(15(19)21-11(3)4)22-13-8-6-7-12(5)9-13/h6-11H,1-5H3,(H,16,18). The number of aryl methyl sites for hydroxylation is 1. The summed E-state index contributed by atoms with van der Waals surface area (Å²) in [6.07, 6.45) is -1.96. The van der Waals surface area contributed by atoms with Crippen molar-refractivity contribution in [2.24, 2.45) is 0 Å². The zero-order valence-corrected chi connectivity index (χ0v) is 14.3. The highest BCUT2D eigenvalue weighted by atomic mass is 32.2. The first-order valence-corrected chi connectivity index (χ1v) is 7.78. The van der Waals surface area contributed by atoms with E-state index in [0.717, 1.165) is 26.8 Å². The summed E-state index contributed by atoms with van der Waals surface area (Å²) in [5.74, 6) is 0. The molecule has 2 amide bonds. The van der Waals surface area contributed by atoms with E-state index >= 15 is 0 Å². The maximum atomic E-state index is 12.1. The number of rotatable bonds is 4. The van der Waals surface area contributed by atoms with Crippen LogP contribution in [0.25, 0.3) is 0 Å². The Morgan fingerprint density at radius 3 is 2.32 bits per heavy atom. The van der Waals surface area contributed by atoms with E-state index in [1.165, 1.54) is 0 Å². The minimum absolute atomic E-state index is 0.285. The Bertz CT molecular complexity index is 520. The minimum Gasteiger partial charge on any atom is -0.446 e. The van der Waals surface area contributed by atoms with Gasteiger partial charge in [0.2, 0.25) is 0 Å². The van der Waals surface area contributed by atoms with Crippen LogP contribution in [0.5, 0.6) is 0 Å². The molecule has 1 aromatic carbocycles. The molecule has 122 valence electrons. The molecule has 1 rings (SSSR count). The third-order valence-corrected chi connectivity index (χ3v) is 3.11. The predicted molar refractivity (Wildman–Crippen MR) is 85.2 cm³/mol. The average molecular weight is 326 g/mol. The average Bonchev–Trinajstić information content (AvgIpc) is 2.36. The monoisotopic (exact) mass is 326 g/mol. The number of benzene rings is 1. The van der Waals surface area contributed by atoms with Gasteiger partial charge in [-0.25, -0.2) is 15.0 Å². The molecular formula is C15H22N2O4S. The fraction of sp³-hybridized carbons (Fsp3) is 0.467. The molecule has 0 radical (unpaired) electrons. The lowest BCUT2D eigenvalue weighted by atomic mass is 10.2. The van der Waals surface area contributed by atoms with Crippen LogP contribution in [-0.2, 0) is 9.47 Å². The summed E-state index contributed by atoms with van der Waals surface area (Å²) in [5.41, 5.74) is 3.43. The van der Waals surface area contributed by atoms with Crippen molar-refractivity contribution in [3.8, 4) is 0 Å². The van der Waals surface area contributed by atoms with Crippen LogP contribution in [0.3, 0.4) is 0 Å². The molecule has 0 atom stereocenters. The van der Waals surface area contributed by atoms with Crippen molar-refractivity contribution >= 4 is 24.1 Å². The van der Waals surface area contributed by atoms with Crippen molar-refractivity contribution in [3.05, 3.63) is 29.8 Å². The van der Waals surface area contributed by atoms with Crippen LogP contribution in [0, 0.1) is 6.92 Å². The molecule has 0 aliphatic rings. The summed E-state index contributed by atoms with van der Waals surface area (Å²) >= 11 is 1.06. The van der Waals surface area contributed by atoms with E-state index in [1.807, 2.05) is 31.2 Å². The maximum absolute atomic E-state index is 12.1. The number of hydrogen-bond acceptors (Lipinski definition) is 5. The fourth-order valence-electron chi connectivity index (χ4n) is 1.46. The molecule has 0 aliphatic heterocycles. The Kier molecular flexibility index (Phi) is 7.04. The molecule has 1 N–H and O–H groups in total. The van der Waals surface area contributed by atoms with Gasteiger partial charge in [-0.2, -0.15) is 0 Å². The third kappa shape index (κ3) is 6.71. The lowest BCUT2D eigenvalue weighted by Gasteiger charge is -2.22. The maximum Gasteiger partial charge on any atom is 0.440 e. The van der Waals surface area contributed by atoms with Gasteiger partial charge in [-0.3, -0.25) is 0 Å². The summed E-state index contributed by atoms with van der Waals surface area (Å²) in [6, 6.07) is 7.55. The number of ether oxygens (including phenoxy) is 2. The van der Waals surface area contributed by atoms with Crippen molar-refractivity contribution < 1.29 is 19.1 Å². The second-order valence-corrected chi connectivity index (χ2v) is 6.22. The molecule has 7 heteroatoms. The molecule has 0 bridgehead atoms.